The van der Waals surface area contributed by atoms with Gasteiger partial charge in [0, 0.05) is 3.57 Å². The van der Waals surface area contributed by atoms with E-state index >= 15 is 0 Å². The first-order valence-corrected chi connectivity index (χ1v) is 4.76. The van der Waals surface area contributed by atoms with Gasteiger partial charge in [-0.05, 0) is 52.8 Å². The van der Waals surface area contributed by atoms with Crippen LogP contribution in [0, 0.1) is 10.5 Å². The lowest BCUT2D eigenvalue weighted by molar-refractivity contribution is -0.146. The molecule has 2 N–H and O–H groups in total. The Labute approximate surface area is 89.5 Å². The summed E-state index contributed by atoms with van der Waals surface area (Å²) in [6.45, 7) is 1.86. The van der Waals surface area contributed by atoms with E-state index in [4.69, 9.17) is 5.11 Å². The Bertz CT molecular complexity index is 315. The quantitative estimate of drug-likeness (QED) is 0.816. The third kappa shape index (κ3) is 2.67. The molecule has 1 atom stereocenters. The Morgan fingerprint density at radius 3 is 2.54 bits per heavy atom. The van der Waals surface area contributed by atoms with Crippen LogP contribution in [0.15, 0.2) is 18.2 Å². The number of benzene rings is 1. The molecule has 70 valence electrons. The summed E-state index contributed by atoms with van der Waals surface area (Å²) in [6.07, 6.45) is -1.42. The van der Waals surface area contributed by atoms with Gasteiger partial charge in [-0.1, -0.05) is 6.07 Å². The van der Waals surface area contributed by atoms with Crippen LogP contribution in [-0.2, 0) is 4.79 Å². The molecule has 0 bridgehead atoms. The van der Waals surface area contributed by atoms with Gasteiger partial charge in [0.2, 0.25) is 0 Å². The number of carboxylic acid groups (broad SMARTS) is 1. The van der Waals surface area contributed by atoms with Crippen molar-refractivity contribution in [3.05, 3.63) is 32.9 Å². The molecule has 4 heteroatoms. The van der Waals surface area contributed by atoms with Gasteiger partial charge in [-0.25, -0.2) is 4.79 Å². The molecule has 1 rings (SSSR count). The van der Waals surface area contributed by atoms with Crippen molar-refractivity contribution in [2.24, 2.45) is 0 Å². The SMILES string of the molecule is Cc1cc(I)cc(C(O)C(=O)O)c1. The second kappa shape index (κ2) is 4.06. The highest BCUT2D eigenvalue weighted by Gasteiger charge is 2.15. The fourth-order valence-electron chi connectivity index (χ4n) is 1.07. The van der Waals surface area contributed by atoms with Crippen LogP contribution in [0.2, 0.25) is 0 Å². The van der Waals surface area contributed by atoms with E-state index < -0.39 is 12.1 Å². The van der Waals surface area contributed by atoms with E-state index in [0.717, 1.165) is 9.13 Å². The first-order chi connectivity index (χ1) is 6.00. The Balaban J connectivity index is 3.07. The van der Waals surface area contributed by atoms with E-state index in [2.05, 4.69) is 22.6 Å². The molecular formula is C9H9IO3. The Hall–Kier alpha value is -0.620. The average Bonchev–Trinajstić information content (AvgIpc) is 2.01. The standard InChI is InChI=1S/C9H9IO3/c1-5-2-6(4-7(10)3-5)8(11)9(12)13/h2-4,8,11H,1H3,(H,12,13). The minimum atomic E-state index is -1.42. The fraction of sp³-hybridized carbons (Fsp3) is 0.222. The highest BCUT2D eigenvalue weighted by atomic mass is 127. The average molecular weight is 292 g/mol. The summed E-state index contributed by atoms with van der Waals surface area (Å²) in [5.41, 5.74) is 1.37. The maximum absolute atomic E-state index is 10.5. The van der Waals surface area contributed by atoms with E-state index in [1.54, 1.807) is 12.1 Å². The van der Waals surface area contributed by atoms with Crippen LogP contribution in [0.5, 0.6) is 0 Å². The molecule has 0 amide bonds. The molecule has 3 nitrogen and oxygen atoms in total. The molecule has 0 saturated carbocycles. The van der Waals surface area contributed by atoms with Crippen molar-refractivity contribution in [3.63, 3.8) is 0 Å². The molecule has 0 radical (unpaired) electrons. The lowest BCUT2D eigenvalue weighted by Crippen LogP contribution is -2.10. The maximum Gasteiger partial charge on any atom is 0.337 e. The second-order valence-corrected chi connectivity index (χ2v) is 4.05. The van der Waals surface area contributed by atoms with Gasteiger partial charge in [-0.2, -0.15) is 0 Å². The molecule has 0 spiro atoms. The number of carboxylic acids is 1. The van der Waals surface area contributed by atoms with Crippen LogP contribution >= 0.6 is 22.6 Å². The highest BCUT2D eigenvalue weighted by molar-refractivity contribution is 14.1. The van der Waals surface area contributed by atoms with E-state index in [0.29, 0.717) is 5.56 Å². The van der Waals surface area contributed by atoms with Gasteiger partial charge < -0.3 is 10.2 Å². The minimum Gasteiger partial charge on any atom is -0.479 e. The van der Waals surface area contributed by atoms with Crippen molar-refractivity contribution < 1.29 is 15.0 Å². The Morgan fingerprint density at radius 1 is 1.46 bits per heavy atom. The minimum absolute atomic E-state index is 0.428. The van der Waals surface area contributed by atoms with Gasteiger partial charge in [0.15, 0.2) is 6.10 Å². The number of hydrogen-bond acceptors (Lipinski definition) is 2. The molecule has 0 aliphatic rings. The summed E-state index contributed by atoms with van der Waals surface area (Å²) in [7, 11) is 0. The lowest BCUT2D eigenvalue weighted by atomic mass is 10.1. The van der Waals surface area contributed by atoms with E-state index in [1.807, 2.05) is 13.0 Å². The predicted molar refractivity (Wildman–Crippen MR) is 56.5 cm³/mol. The Morgan fingerprint density at radius 2 is 2.08 bits per heavy atom. The number of rotatable bonds is 2. The first kappa shape index (κ1) is 10.5. The van der Waals surface area contributed by atoms with Crippen LogP contribution in [0.1, 0.15) is 17.2 Å². The molecule has 0 saturated heterocycles. The van der Waals surface area contributed by atoms with Crippen molar-refractivity contribution in [2.75, 3.05) is 0 Å². The van der Waals surface area contributed by atoms with Gasteiger partial charge in [0.1, 0.15) is 0 Å². The summed E-state index contributed by atoms with van der Waals surface area (Å²) in [4.78, 5) is 10.5. The summed E-state index contributed by atoms with van der Waals surface area (Å²) < 4.78 is 0.924. The van der Waals surface area contributed by atoms with Gasteiger partial charge >= 0.3 is 5.97 Å². The van der Waals surface area contributed by atoms with Crippen LogP contribution in [0.25, 0.3) is 0 Å². The molecule has 1 aromatic carbocycles. The summed E-state index contributed by atoms with van der Waals surface area (Å²) in [5.74, 6) is -1.22. The molecule has 0 aliphatic carbocycles. The largest absolute Gasteiger partial charge is 0.479 e. The van der Waals surface area contributed by atoms with Crippen LogP contribution in [0.4, 0.5) is 0 Å². The van der Waals surface area contributed by atoms with Gasteiger partial charge in [-0.15, -0.1) is 0 Å². The number of halogens is 1. The number of aliphatic hydroxyl groups excluding tert-OH is 1. The summed E-state index contributed by atoms with van der Waals surface area (Å²) in [5, 5.41) is 17.8. The number of carbonyl (C=O) groups is 1. The number of aliphatic hydroxyl groups is 1. The van der Waals surface area contributed by atoms with Crippen molar-refractivity contribution in [1.29, 1.82) is 0 Å². The normalized spacial score (nSPS) is 12.5. The molecule has 0 aromatic heterocycles. The number of aliphatic carboxylic acids is 1. The smallest absolute Gasteiger partial charge is 0.337 e. The summed E-state index contributed by atoms with van der Waals surface area (Å²) in [6, 6.07) is 5.24. The third-order valence-electron chi connectivity index (χ3n) is 1.61. The van der Waals surface area contributed by atoms with Crippen LogP contribution < -0.4 is 0 Å². The number of aryl methyl sites for hydroxylation is 1. The van der Waals surface area contributed by atoms with Crippen molar-refractivity contribution in [1.82, 2.24) is 0 Å². The Kier molecular flexibility index (Phi) is 3.27. The zero-order chi connectivity index (χ0) is 10.0. The third-order valence-corrected chi connectivity index (χ3v) is 2.24. The zero-order valence-electron chi connectivity index (χ0n) is 6.99. The number of hydrogen-bond donors (Lipinski definition) is 2. The predicted octanol–water partition coefficient (Wildman–Crippen LogP) is 1.72. The van der Waals surface area contributed by atoms with Gasteiger partial charge in [0.25, 0.3) is 0 Å². The molecule has 1 unspecified atom stereocenters. The van der Waals surface area contributed by atoms with E-state index in [-0.39, 0.29) is 0 Å². The topological polar surface area (TPSA) is 57.5 Å². The lowest BCUT2D eigenvalue weighted by Gasteiger charge is -2.07. The van der Waals surface area contributed by atoms with E-state index in [1.165, 1.54) is 0 Å². The van der Waals surface area contributed by atoms with Crippen molar-refractivity contribution >= 4 is 28.6 Å². The first-order valence-electron chi connectivity index (χ1n) is 3.68. The monoisotopic (exact) mass is 292 g/mol. The summed E-state index contributed by atoms with van der Waals surface area (Å²) >= 11 is 2.08. The fourth-order valence-corrected chi connectivity index (χ4v) is 1.92. The maximum atomic E-state index is 10.5. The van der Waals surface area contributed by atoms with Crippen molar-refractivity contribution in [3.8, 4) is 0 Å². The molecular weight excluding hydrogens is 283 g/mol. The van der Waals surface area contributed by atoms with Crippen LogP contribution in [0.3, 0.4) is 0 Å². The second-order valence-electron chi connectivity index (χ2n) is 2.80. The van der Waals surface area contributed by atoms with Crippen LogP contribution in [-0.4, -0.2) is 16.2 Å². The van der Waals surface area contributed by atoms with Crippen molar-refractivity contribution in [2.45, 2.75) is 13.0 Å². The molecule has 1 aromatic rings. The highest BCUT2D eigenvalue weighted by Crippen LogP contribution is 2.18. The zero-order valence-corrected chi connectivity index (χ0v) is 9.15. The van der Waals surface area contributed by atoms with Gasteiger partial charge in [0.05, 0.1) is 0 Å². The molecule has 13 heavy (non-hydrogen) atoms. The molecule has 0 aliphatic heterocycles. The van der Waals surface area contributed by atoms with E-state index in [9.17, 15) is 9.90 Å². The molecule has 0 heterocycles. The van der Waals surface area contributed by atoms with Gasteiger partial charge in [-0.3, -0.25) is 0 Å². The molecule has 0 fully saturated rings.